The Morgan fingerprint density at radius 1 is 1.28 bits per heavy atom. The van der Waals surface area contributed by atoms with Crippen molar-refractivity contribution >= 4 is 16.9 Å². The van der Waals surface area contributed by atoms with Gasteiger partial charge >= 0.3 is 5.63 Å². The summed E-state index contributed by atoms with van der Waals surface area (Å²) in [5.41, 5.74) is 1.65. The molecule has 1 aromatic heterocycles. The van der Waals surface area contributed by atoms with Gasteiger partial charge in [0, 0.05) is 23.6 Å². The highest BCUT2D eigenvalue weighted by Gasteiger charge is 2.19. The number of fused-ring (bicyclic) bond motifs is 1. The zero-order chi connectivity index (χ0) is 18.0. The molecule has 1 heterocycles. The first kappa shape index (κ1) is 17.5. The third-order valence-corrected chi connectivity index (χ3v) is 5.15. The fourth-order valence-electron chi connectivity index (χ4n) is 3.36. The lowest BCUT2D eigenvalue weighted by atomic mass is 10.1. The predicted molar refractivity (Wildman–Crippen MR) is 97.0 cm³/mol. The largest absolute Gasteiger partial charge is 0.481 e. The van der Waals surface area contributed by atoms with Crippen LogP contribution in [0.1, 0.15) is 43.7 Å². The number of carbonyl (C=O) groups excluding carboxylic acids is 1. The maximum Gasteiger partial charge on any atom is 0.339 e. The lowest BCUT2D eigenvalue weighted by Crippen LogP contribution is -2.38. The maximum atomic E-state index is 12.2. The first-order valence-electron chi connectivity index (χ1n) is 8.94. The standard InChI is InChI=1S/C20H25NO4/c1-12-13(2)20(23)25-18-10-16(8-9-17(12)18)24-14(3)19(22)21-11-15-6-4-5-7-15/h8-10,14-15H,4-7,11H2,1-3H3,(H,21,22). The summed E-state index contributed by atoms with van der Waals surface area (Å²) in [7, 11) is 0. The van der Waals surface area contributed by atoms with Gasteiger partial charge < -0.3 is 14.5 Å². The van der Waals surface area contributed by atoms with E-state index in [0.29, 0.717) is 22.8 Å². The van der Waals surface area contributed by atoms with Crippen LogP contribution in [0.5, 0.6) is 5.75 Å². The molecule has 1 N–H and O–H groups in total. The Hall–Kier alpha value is -2.30. The minimum atomic E-state index is -0.600. The van der Waals surface area contributed by atoms with Crippen LogP contribution in [-0.2, 0) is 4.79 Å². The van der Waals surface area contributed by atoms with E-state index in [1.807, 2.05) is 13.0 Å². The molecule has 1 fully saturated rings. The molecule has 1 aromatic carbocycles. The zero-order valence-corrected chi connectivity index (χ0v) is 15.1. The fourth-order valence-corrected chi connectivity index (χ4v) is 3.36. The second-order valence-electron chi connectivity index (χ2n) is 6.95. The van der Waals surface area contributed by atoms with Gasteiger partial charge in [0.1, 0.15) is 11.3 Å². The SMILES string of the molecule is Cc1c(C)c2ccc(OC(C)C(=O)NCC3CCCC3)cc2oc1=O. The molecule has 2 aromatic rings. The molecule has 1 unspecified atom stereocenters. The van der Waals surface area contributed by atoms with E-state index in [1.165, 1.54) is 25.7 Å². The maximum absolute atomic E-state index is 12.2. The quantitative estimate of drug-likeness (QED) is 0.844. The highest BCUT2D eigenvalue weighted by Crippen LogP contribution is 2.25. The van der Waals surface area contributed by atoms with Gasteiger partial charge in [-0.25, -0.2) is 4.79 Å². The smallest absolute Gasteiger partial charge is 0.339 e. The van der Waals surface area contributed by atoms with Gasteiger partial charge in [0.15, 0.2) is 6.10 Å². The molecule has 0 radical (unpaired) electrons. The Balaban J connectivity index is 1.68. The van der Waals surface area contributed by atoms with Crippen LogP contribution in [0.4, 0.5) is 0 Å². The molecule has 5 heteroatoms. The Morgan fingerprint density at radius 2 is 2.00 bits per heavy atom. The van der Waals surface area contributed by atoms with Gasteiger partial charge in [-0.1, -0.05) is 12.8 Å². The van der Waals surface area contributed by atoms with Crippen molar-refractivity contribution in [3.05, 3.63) is 39.7 Å². The summed E-state index contributed by atoms with van der Waals surface area (Å²) in [4.78, 5) is 24.0. The summed E-state index contributed by atoms with van der Waals surface area (Å²) in [6.45, 7) is 6.10. The van der Waals surface area contributed by atoms with Crippen LogP contribution >= 0.6 is 0 Å². The van der Waals surface area contributed by atoms with E-state index in [0.717, 1.165) is 17.5 Å². The summed E-state index contributed by atoms with van der Waals surface area (Å²) in [5, 5.41) is 3.85. The van der Waals surface area contributed by atoms with Crippen LogP contribution in [0, 0.1) is 19.8 Å². The van der Waals surface area contributed by atoms with E-state index in [1.54, 1.807) is 26.0 Å². The molecule has 1 aliphatic carbocycles. The second kappa shape index (κ2) is 7.30. The van der Waals surface area contributed by atoms with Crippen LogP contribution in [0.3, 0.4) is 0 Å². The highest BCUT2D eigenvalue weighted by atomic mass is 16.5. The highest BCUT2D eigenvalue weighted by molar-refractivity contribution is 5.83. The molecule has 5 nitrogen and oxygen atoms in total. The Morgan fingerprint density at radius 3 is 2.72 bits per heavy atom. The third kappa shape index (κ3) is 3.86. The molecule has 0 aliphatic heterocycles. The number of nitrogens with one attached hydrogen (secondary N) is 1. The number of benzene rings is 1. The van der Waals surface area contributed by atoms with Gasteiger partial charge in [0.2, 0.25) is 0 Å². The number of hydrogen-bond donors (Lipinski definition) is 1. The average Bonchev–Trinajstić information content (AvgIpc) is 3.11. The lowest BCUT2D eigenvalue weighted by Gasteiger charge is -2.17. The fraction of sp³-hybridized carbons (Fsp3) is 0.500. The summed E-state index contributed by atoms with van der Waals surface area (Å²) >= 11 is 0. The molecule has 1 atom stereocenters. The summed E-state index contributed by atoms with van der Waals surface area (Å²) in [6.07, 6.45) is 4.30. The van der Waals surface area contributed by atoms with E-state index in [4.69, 9.17) is 9.15 Å². The molecular formula is C20H25NO4. The Kier molecular flexibility index (Phi) is 5.11. The molecular weight excluding hydrogens is 318 g/mol. The Bertz CT molecular complexity index is 833. The Labute approximate surface area is 147 Å². The van der Waals surface area contributed by atoms with Gasteiger partial charge in [-0.3, -0.25) is 4.79 Å². The van der Waals surface area contributed by atoms with Gasteiger partial charge in [-0.2, -0.15) is 0 Å². The van der Waals surface area contributed by atoms with Crippen molar-refractivity contribution in [3.8, 4) is 5.75 Å². The van der Waals surface area contributed by atoms with Gasteiger partial charge in [0.05, 0.1) is 0 Å². The van der Waals surface area contributed by atoms with Crippen molar-refractivity contribution in [3.63, 3.8) is 0 Å². The normalized spacial score (nSPS) is 16.1. The lowest BCUT2D eigenvalue weighted by molar-refractivity contribution is -0.127. The van der Waals surface area contributed by atoms with Crippen LogP contribution in [0.15, 0.2) is 27.4 Å². The number of carbonyl (C=O) groups is 1. The van der Waals surface area contributed by atoms with Gasteiger partial charge in [-0.15, -0.1) is 0 Å². The van der Waals surface area contributed by atoms with E-state index in [9.17, 15) is 9.59 Å². The summed E-state index contributed by atoms with van der Waals surface area (Å²) in [6, 6.07) is 5.33. The van der Waals surface area contributed by atoms with Crippen molar-refractivity contribution in [2.24, 2.45) is 5.92 Å². The van der Waals surface area contributed by atoms with Crippen LogP contribution in [0.25, 0.3) is 11.0 Å². The molecule has 0 bridgehead atoms. The average molecular weight is 343 g/mol. The van der Waals surface area contributed by atoms with Crippen molar-refractivity contribution in [1.82, 2.24) is 5.32 Å². The molecule has 3 rings (SSSR count). The zero-order valence-electron chi connectivity index (χ0n) is 15.1. The van der Waals surface area contributed by atoms with Crippen LogP contribution in [0.2, 0.25) is 0 Å². The molecule has 1 amide bonds. The third-order valence-electron chi connectivity index (χ3n) is 5.15. The molecule has 25 heavy (non-hydrogen) atoms. The molecule has 0 saturated heterocycles. The van der Waals surface area contributed by atoms with E-state index < -0.39 is 6.10 Å². The monoisotopic (exact) mass is 343 g/mol. The molecule has 1 saturated carbocycles. The van der Waals surface area contributed by atoms with Gasteiger partial charge in [-0.05, 0) is 57.2 Å². The first-order valence-corrected chi connectivity index (χ1v) is 8.94. The van der Waals surface area contributed by atoms with Gasteiger partial charge in [0.25, 0.3) is 5.91 Å². The first-order chi connectivity index (χ1) is 12.0. The van der Waals surface area contributed by atoms with E-state index in [-0.39, 0.29) is 11.5 Å². The number of rotatable bonds is 5. The number of hydrogen-bond acceptors (Lipinski definition) is 4. The van der Waals surface area contributed by atoms with Crippen molar-refractivity contribution in [2.75, 3.05) is 6.54 Å². The second-order valence-corrected chi connectivity index (χ2v) is 6.95. The molecule has 134 valence electrons. The minimum Gasteiger partial charge on any atom is -0.481 e. The molecule has 1 aliphatic rings. The van der Waals surface area contributed by atoms with Crippen molar-refractivity contribution in [1.29, 1.82) is 0 Å². The summed E-state index contributed by atoms with van der Waals surface area (Å²) in [5.74, 6) is 0.994. The summed E-state index contributed by atoms with van der Waals surface area (Å²) < 4.78 is 11.1. The van der Waals surface area contributed by atoms with Crippen molar-refractivity contribution in [2.45, 2.75) is 52.6 Å². The van der Waals surface area contributed by atoms with Crippen LogP contribution in [-0.4, -0.2) is 18.6 Å². The minimum absolute atomic E-state index is 0.117. The van der Waals surface area contributed by atoms with Crippen molar-refractivity contribution < 1.29 is 13.9 Å². The van der Waals surface area contributed by atoms with E-state index in [2.05, 4.69) is 5.32 Å². The molecule has 0 spiro atoms. The number of amides is 1. The topological polar surface area (TPSA) is 68.5 Å². The number of aryl methyl sites for hydroxylation is 1. The van der Waals surface area contributed by atoms with E-state index >= 15 is 0 Å². The predicted octanol–water partition coefficient (Wildman–Crippen LogP) is 3.48. The number of ether oxygens (including phenoxy) is 1. The van der Waals surface area contributed by atoms with Crippen LogP contribution < -0.4 is 15.7 Å².